The number of ether oxygens (including phenoxy) is 2. The number of halogens is 1. The van der Waals surface area contributed by atoms with Gasteiger partial charge in [-0.05, 0) is 12.1 Å². The van der Waals surface area contributed by atoms with Gasteiger partial charge in [0.1, 0.15) is 0 Å². The number of para-hydroxylation sites is 2. The van der Waals surface area contributed by atoms with Crippen LogP contribution in [0.25, 0.3) is 0 Å². The summed E-state index contributed by atoms with van der Waals surface area (Å²) in [5.74, 6) is 1.14. The molecule has 118 valence electrons. The van der Waals surface area contributed by atoms with Crippen LogP contribution in [0.4, 0.5) is 4.79 Å². The first-order valence-corrected chi connectivity index (χ1v) is 6.66. The van der Waals surface area contributed by atoms with Gasteiger partial charge in [-0.3, -0.25) is 4.90 Å². The van der Waals surface area contributed by atoms with Crippen LogP contribution in [-0.4, -0.2) is 48.6 Å². The highest BCUT2D eigenvalue weighted by molar-refractivity contribution is 5.85. The van der Waals surface area contributed by atoms with E-state index in [-0.39, 0.29) is 12.4 Å². The Labute approximate surface area is 130 Å². The van der Waals surface area contributed by atoms with Gasteiger partial charge in [-0.1, -0.05) is 19.1 Å². The zero-order valence-corrected chi connectivity index (χ0v) is 13.0. The molecule has 7 heteroatoms. The number of nitrogens with zero attached hydrogens (tertiary/aromatic N) is 1. The minimum absolute atomic E-state index is 0. The molecule has 0 spiro atoms. The van der Waals surface area contributed by atoms with Gasteiger partial charge in [-0.2, -0.15) is 0 Å². The third-order valence-electron chi connectivity index (χ3n) is 3.56. The van der Waals surface area contributed by atoms with Crippen LogP contribution in [0.2, 0.25) is 0 Å². The monoisotopic (exact) mass is 316 g/mol. The molecule has 1 unspecified atom stereocenters. The van der Waals surface area contributed by atoms with Crippen LogP contribution in [0.1, 0.15) is 13.3 Å². The number of piperazine rings is 1. The minimum atomic E-state index is -0.969. The van der Waals surface area contributed by atoms with Crippen molar-refractivity contribution in [1.82, 2.24) is 10.2 Å². The third-order valence-corrected chi connectivity index (χ3v) is 3.56. The quantitative estimate of drug-likeness (QED) is 0.891. The van der Waals surface area contributed by atoms with Crippen LogP contribution in [0.3, 0.4) is 0 Å². The fourth-order valence-electron chi connectivity index (χ4n) is 2.43. The number of carbonyl (C=O) groups is 1. The second-order valence-corrected chi connectivity index (χ2v) is 4.66. The Morgan fingerprint density at radius 3 is 2.67 bits per heavy atom. The van der Waals surface area contributed by atoms with Gasteiger partial charge in [0, 0.05) is 19.5 Å². The molecular formula is C14H21ClN2O4. The van der Waals surface area contributed by atoms with Crippen molar-refractivity contribution in [3.63, 3.8) is 0 Å². The van der Waals surface area contributed by atoms with Crippen molar-refractivity contribution in [1.29, 1.82) is 0 Å². The lowest BCUT2D eigenvalue weighted by Gasteiger charge is -2.45. The third kappa shape index (κ3) is 3.51. The number of hydrogen-bond donors (Lipinski definition) is 2. The number of methoxy groups -OCH3 is 1. The van der Waals surface area contributed by atoms with E-state index >= 15 is 0 Å². The molecule has 0 radical (unpaired) electrons. The number of hydrogen-bond acceptors (Lipinski definition) is 4. The summed E-state index contributed by atoms with van der Waals surface area (Å²) in [4.78, 5) is 12.8. The first-order chi connectivity index (χ1) is 9.63. The molecule has 1 aromatic rings. The zero-order chi connectivity index (χ0) is 14.6. The molecule has 6 nitrogen and oxygen atoms in total. The topological polar surface area (TPSA) is 71.0 Å². The van der Waals surface area contributed by atoms with Gasteiger partial charge >= 0.3 is 6.09 Å². The molecule has 0 saturated carbocycles. The van der Waals surface area contributed by atoms with Gasteiger partial charge in [0.2, 0.25) is 0 Å². The summed E-state index contributed by atoms with van der Waals surface area (Å²) in [5, 5.41) is 12.6. The second-order valence-electron chi connectivity index (χ2n) is 4.66. The molecule has 1 aliphatic rings. The Bertz CT molecular complexity index is 486. The van der Waals surface area contributed by atoms with E-state index in [1.165, 1.54) is 4.90 Å². The molecule has 1 aromatic carbocycles. The summed E-state index contributed by atoms with van der Waals surface area (Å²) in [6.07, 6.45) is -0.423. The highest BCUT2D eigenvalue weighted by Crippen LogP contribution is 2.33. The predicted molar refractivity (Wildman–Crippen MR) is 81.5 cm³/mol. The highest BCUT2D eigenvalue weighted by atomic mass is 35.5. The average Bonchev–Trinajstić information content (AvgIpc) is 2.48. The molecular weight excluding hydrogens is 296 g/mol. The SMILES string of the molecule is CCC1(Oc2ccccc2OC)CNCCN1C(=O)O.Cl. The van der Waals surface area contributed by atoms with E-state index in [0.29, 0.717) is 37.6 Å². The van der Waals surface area contributed by atoms with Crippen molar-refractivity contribution in [2.45, 2.75) is 19.1 Å². The summed E-state index contributed by atoms with van der Waals surface area (Å²) in [7, 11) is 1.56. The number of rotatable bonds is 4. The summed E-state index contributed by atoms with van der Waals surface area (Å²) in [6, 6.07) is 7.26. The van der Waals surface area contributed by atoms with Gasteiger partial charge in [-0.25, -0.2) is 4.79 Å². The summed E-state index contributed by atoms with van der Waals surface area (Å²) in [5.41, 5.74) is -0.904. The number of amides is 1. The Morgan fingerprint density at radius 1 is 1.43 bits per heavy atom. The lowest BCUT2D eigenvalue weighted by atomic mass is 10.1. The Balaban J connectivity index is 0.00000220. The zero-order valence-electron chi connectivity index (χ0n) is 12.2. The first kappa shape index (κ1) is 17.4. The maximum Gasteiger partial charge on any atom is 0.410 e. The molecule has 1 amide bonds. The van der Waals surface area contributed by atoms with Crippen molar-refractivity contribution in [3.05, 3.63) is 24.3 Å². The average molecular weight is 317 g/mol. The standard InChI is InChI=1S/C14H20N2O4.ClH/c1-3-14(10-15-8-9-16(14)13(17)18)20-12-7-5-4-6-11(12)19-2;/h4-7,15H,3,8-10H2,1-2H3,(H,17,18);1H. The van der Waals surface area contributed by atoms with E-state index in [9.17, 15) is 9.90 Å². The van der Waals surface area contributed by atoms with Crippen LogP contribution in [0.5, 0.6) is 11.5 Å². The molecule has 1 atom stereocenters. The van der Waals surface area contributed by atoms with E-state index in [0.717, 1.165) is 0 Å². The molecule has 0 bridgehead atoms. The lowest BCUT2D eigenvalue weighted by Crippen LogP contribution is -2.65. The fourth-order valence-corrected chi connectivity index (χ4v) is 2.43. The smallest absolute Gasteiger partial charge is 0.410 e. The fraction of sp³-hybridized carbons (Fsp3) is 0.500. The molecule has 1 heterocycles. The van der Waals surface area contributed by atoms with Crippen LogP contribution in [0.15, 0.2) is 24.3 Å². The summed E-state index contributed by atoms with van der Waals surface area (Å²) >= 11 is 0. The molecule has 1 saturated heterocycles. The number of nitrogens with one attached hydrogen (secondary N) is 1. The molecule has 0 aromatic heterocycles. The highest BCUT2D eigenvalue weighted by Gasteiger charge is 2.43. The molecule has 2 N–H and O–H groups in total. The molecule has 21 heavy (non-hydrogen) atoms. The van der Waals surface area contributed by atoms with E-state index < -0.39 is 11.8 Å². The lowest BCUT2D eigenvalue weighted by molar-refractivity contribution is -0.0854. The van der Waals surface area contributed by atoms with Crippen molar-refractivity contribution < 1.29 is 19.4 Å². The van der Waals surface area contributed by atoms with Crippen LogP contribution in [-0.2, 0) is 0 Å². The molecule has 0 aliphatic carbocycles. The second kappa shape index (κ2) is 7.38. The normalized spacial score (nSPS) is 21.3. The Kier molecular flexibility index (Phi) is 6.11. The molecule has 2 rings (SSSR count). The van der Waals surface area contributed by atoms with Crippen molar-refractivity contribution in [3.8, 4) is 11.5 Å². The minimum Gasteiger partial charge on any atom is -0.493 e. The maximum atomic E-state index is 11.5. The van der Waals surface area contributed by atoms with Gasteiger partial charge in [0.05, 0.1) is 13.7 Å². The number of carboxylic acid groups (broad SMARTS) is 1. The predicted octanol–water partition coefficient (Wildman–Crippen LogP) is 2.19. The van der Waals surface area contributed by atoms with Crippen molar-refractivity contribution >= 4 is 18.5 Å². The largest absolute Gasteiger partial charge is 0.493 e. The summed E-state index contributed by atoms with van der Waals surface area (Å²) in [6.45, 7) is 3.40. The van der Waals surface area contributed by atoms with Crippen LogP contribution < -0.4 is 14.8 Å². The summed E-state index contributed by atoms with van der Waals surface area (Å²) < 4.78 is 11.3. The molecule has 1 fully saturated rings. The van der Waals surface area contributed by atoms with Gasteiger partial charge in [-0.15, -0.1) is 12.4 Å². The van der Waals surface area contributed by atoms with Crippen LogP contribution in [0, 0.1) is 0 Å². The van der Waals surface area contributed by atoms with Crippen molar-refractivity contribution in [2.75, 3.05) is 26.7 Å². The number of benzene rings is 1. The van der Waals surface area contributed by atoms with E-state index in [1.807, 2.05) is 19.1 Å². The van der Waals surface area contributed by atoms with E-state index in [2.05, 4.69) is 5.32 Å². The maximum absolute atomic E-state index is 11.5. The van der Waals surface area contributed by atoms with Crippen molar-refractivity contribution in [2.24, 2.45) is 0 Å². The van der Waals surface area contributed by atoms with Gasteiger partial charge in [0.25, 0.3) is 0 Å². The van der Waals surface area contributed by atoms with Gasteiger partial charge < -0.3 is 19.9 Å². The Morgan fingerprint density at radius 2 is 2.10 bits per heavy atom. The molecule has 1 aliphatic heterocycles. The van der Waals surface area contributed by atoms with E-state index in [4.69, 9.17) is 9.47 Å². The first-order valence-electron chi connectivity index (χ1n) is 6.66. The Hall–Kier alpha value is -1.66. The van der Waals surface area contributed by atoms with E-state index in [1.54, 1.807) is 19.2 Å². The van der Waals surface area contributed by atoms with Crippen LogP contribution >= 0.6 is 12.4 Å². The van der Waals surface area contributed by atoms with Gasteiger partial charge in [0.15, 0.2) is 17.2 Å².